The third-order valence-electron chi connectivity index (χ3n) is 2.29. The van der Waals surface area contributed by atoms with Gasteiger partial charge in [0.2, 0.25) is 0 Å². The van der Waals surface area contributed by atoms with Crippen LogP contribution in [-0.2, 0) is 9.59 Å². The van der Waals surface area contributed by atoms with Crippen LogP contribution >= 0.6 is 23.4 Å². The van der Waals surface area contributed by atoms with Gasteiger partial charge < -0.3 is 15.2 Å². The largest absolute Gasteiger partial charge is 0.484 e. The lowest BCUT2D eigenvalue weighted by Crippen LogP contribution is -2.30. The predicted octanol–water partition coefficient (Wildman–Crippen LogP) is 1.96. The molecule has 0 aliphatic carbocycles. The molecule has 0 saturated carbocycles. The number of aliphatic carboxylic acids is 1. The molecule has 20 heavy (non-hydrogen) atoms. The van der Waals surface area contributed by atoms with Crippen LogP contribution in [0.3, 0.4) is 0 Å². The quantitative estimate of drug-likeness (QED) is 0.717. The highest BCUT2D eigenvalue weighted by atomic mass is 35.5. The van der Waals surface area contributed by atoms with E-state index in [2.05, 4.69) is 5.32 Å². The fourth-order valence-electron chi connectivity index (χ4n) is 1.39. The van der Waals surface area contributed by atoms with Gasteiger partial charge in [-0.05, 0) is 30.7 Å². The second-order valence-corrected chi connectivity index (χ2v) is 5.54. The van der Waals surface area contributed by atoms with Crippen LogP contribution in [0.1, 0.15) is 5.56 Å². The topological polar surface area (TPSA) is 75.6 Å². The van der Waals surface area contributed by atoms with Crippen molar-refractivity contribution in [3.05, 3.63) is 28.8 Å². The van der Waals surface area contributed by atoms with Gasteiger partial charge in [-0.1, -0.05) is 11.6 Å². The van der Waals surface area contributed by atoms with Crippen molar-refractivity contribution < 1.29 is 19.4 Å². The fourth-order valence-corrected chi connectivity index (χ4v) is 2.18. The van der Waals surface area contributed by atoms with Gasteiger partial charge in [-0.2, -0.15) is 0 Å². The summed E-state index contributed by atoms with van der Waals surface area (Å²) in [4.78, 5) is 21.8. The SMILES string of the molecule is Cc1cc(Cl)ccc1OCC(=O)NCCSCC(=O)O. The Morgan fingerprint density at radius 2 is 2.20 bits per heavy atom. The van der Waals surface area contributed by atoms with Crippen molar-refractivity contribution >= 4 is 35.2 Å². The first kappa shape index (κ1) is 16.7. The lowest BCUT2D eigenvalue weighted by molar-refractivity contribution is -0.133. The molecule has 0 aliphatic heterocycles. The van der Waals surface area contributed by atoms with E-state index in [4.69, 9.17) is 21.4 Å². The summed E-state index contributed by atoms with van der Waals surface area (Å²) in [5.41, 5.74) is 0.863. The number of benzene rings is 1. The van der Waals surface area contributed by atoms with Crippen LogP contribution < -0.4 is 10.1 Å². The first-order valence-electron chi connectivity index (χ1n) is 5.94. The van der Waals surface area contributed by atoms with Crippen molar-refractivity contribution in [1.29, 1.82) is 0 Å². The molecule has 1 rings (SSSR count). The van der Waals surface area contributed by atoms with Crippen molar-refractivity contribution in [2.45, 2.75) is 6.92 Å². The Morgan fingerprint density at radius 1 is 1.45 bits per heavy atom. The van der Waals surface area contributed by atoms with Crippen molar-refractivity contribution in [3.63, 3.8) is 0 Å². The van der Waals surface area contributed by atoms with E-state index in [0.29, 0.717) is 23.1 Å². The summed E-state index contributed by atoms with van der Waals surface area (Å²) in [6.07, 6.45) is 0. The van der Waals surface area contributed by atoms with Gasteiger partial charge in [0.25, 0.3) is 5.91 Å². The van der Waals surface area contributed by atoms with Crippen LogP contribution in [0.4, 0.5) is 0 Å². The molecule has 0 spiro atoms. The summed E-state index contributed by atoms with van der Waals surface area (Å²) in [6, 6.07) is 5.18. The van der Waals surface area contributed by atoms with E-state index in [0.717, 1.165) is 5.56 Å². The molecule has 0 fully saturated rings. The Morgan fingerprint density at radius 3 is 2.85 bits per heavy atom. The van der Waals surface area contributed by atoms with Gasteiger partial charge in [-0.15, -0.1) is 11.8 Å². The van der Waals surface area contributed by atoms with Crippen molar-refractivity contribution in [2.75, 3.05) is 24.7 Å². The Bertz CT molecular complexity index is 481. The minimum absolute atomic E-state index is 0.0380. The van der Waals surface area contributed by atoms with Crippen LogP contribution in [0, 0.1) is 6.92 Å². The first-order valence-corrected chi connectivity index (χ1v) is 7.47. The number of carboxylic acid groups (broad SMARTS) is 1. The molecular weight excluding hydrogens is 302 g/mol. The first-order chi connectivity index (χ1) is 9.49. The van der Waals surface area contributed by atoms with Gasteiger partial charge in [-0.25, -0.2) is 0 Å². The maximum atomic E-state index is 11.5. The lowest BCUT2D eigenvalue weighted by Gasteiger charge is -2.09. The molecule has 0 atom stereocenters. The van der Waals surface area contributed by atoms with Crippen molar-refractivity contribution in [1.82, 2.24) is 5.32 Å². The van der Waals surface area contributed by atoms with E-state index in [1.807, 2.05) is 6.92 Å². The number of carbonyl (C=O) groups excluding carboxylic acids is 1. The molecule has 0 radical (unpaired) electrons. The number of thioether (sulfide) groups is 1. The molecule has 0 aromatic heterocycles. The number of carbonyl (C=O) groups is 2. The van der Waals surface area contributed by atoms with Gasteiger partial charge in [0, 0.05) is 17.3 Å². The normalized spacial score (nSPS) is 10.1. The zero-order chi connectivity index (χ0) is 15.0. The molecule has 1 aromatic carbocycles. The molecule has 2 N–H and O–H groups in total. The number of hydrogen-bond acceptors (Lipinski definition) is 4. The molecule has 110 valence electrons. The minimum atomic E-state index is -0.858. The van der Waals surface area contributed by atoms with Crippen LogP contribution in [0.5, 0.6) is 5.75 Å². The molecule has 1 aromatic rings. The van der Waals surface area contributed by atoms with Gasteiger partial charge >= 0.3 is 5.97 Å². The molecule has 1 amide bonds. The van der Waals surface area contributed by atoms with E-state index in [1.165, 1.54) is 11.8 Å². The van der Waals surface area contributed by atoms with E-state index in [9.17, 15) is 9.59 Å². The third-order valence-corrected chi connectivity index (χ3v) is 3.47. The molecule has 0 saturated heterocycles. The summed E-state index contributed by atoms with van der Waals surface area (Å²) >= 11 is 7.07. The number of halogens is 1. The fraction of sp³-hybridized carbons (Fsp3) is 0.385. The number of rotatable bonds is 8. The monoisotopic (exact) mass is 317 g/mol. The lowest BCUT2D eigenvalue weighted by atomic mass is 10.2. The highest BCUT2D eigenvalue weighted by Crippen LogP contribution is 2.21. The number of ether oxygens (including phenoxy) is 1. The summed E-state index contributed by atoms with van der Waals surface area (Å²) in [5, 5.41) is 11.7. The van der Waals surface area contributed by atoms with Crippen molar-refractivity contribution in [3.8, 4) is 5.75 Å². The zero-order valence-electron chi connectivity index (χ0n) is 11.0. The standard InChI is InChI=1S/C13H16ClNO4S/c1-9-6-10(14)2-3-11(9)19-7-12(16)15-4-5-20-8-13(17)18/h2-3,6H,4-5,7-8H2,1H3,(H,15,16)(H,17,18). The van der Waals surface area contributed by atoms with Gasteiger partial charge in [0.05, 0.1) is 5.75 Å². The van der Waals surface area contributed by atoms with Gasteiger partial charge in [0.15, 0.2) is 6.61 Å². The molecule has 0 heterocycles. The Hall–Kier alpha value is -1.40. The number of hydrogen-bond donors (Lipinski definition) is 2. The highest BCUT2D eigenvalue weighted by Gasteiger charge is 2.05. The van der Waals surface area contributed by atoms with Crippen LogP contribution in [0.25, 0.3) is 0 Å². The average molecular weight is 318 g/mol. The minimum Gasteiger partial charge on any atom is -0.484 e. The molecule has 7 heteroatoms. The molecule has 5 nitrogen and oxygen atoms in total. The maximum absolute atomic E-state index is 11.5. The van der Waals surface area contributed by atoms with Crippen LogP contribution in [0.15, 0.2) is 18.2 Å². The number of nitrogens with one attached hydrogen (secondary N) is 1. The third kappa shape index (κ3) is 6.68. The summed E-state index contributed by atoms with van der Waals surface area (Å²) in [5.74, 6) is 0.108. The maximum Gasteiger partial charge on any atom is 0.313 e. The second kappa shape index (κ2) is 8.71. The Kier molecular flexibility index (Phi) is 7.25. The molecule has 0 aliphatic rings. The highest BCUT2D eigenvalue weighted by molar-refractivity contribution is 7.99. The van der Waals surface area contributed by atoms with Crippen molar-refractivity contribution in [2.24, 2.45) is 0 Å². The van der Waals surface area contributed by atoms with Crippen LogP contribution in [0.2, 0.25) is 5.02 Å². The summed E-state index contributed by atoms with van der Waals surface area (Å²) in [6.45, 7) is 2.19. The summed E-state index contributed by atoms with van der Waals surface area (Å²) in [7, 11) is 0. The molecule has 0 bridgehead atoms. The number of amides is 1. The average Bonchev–Trinajstić information content (AvgIpc) is 2.37. The van der Waals surface area contributed by atoms with E-state index in [-0.39, 0.29) is 18.3 Å². The van der Waals surface area contributed by atoms with Crippen LogP contribution in [-0.4, -0.2) is 41.6 Å². The zero-order valence-corrected chi connectivity index (χ0v) is 12.6. The number of aryl methyl sites for hydroxylation is 1. The molecular formula is C13H16ClNO4S. The van der Waals surface area contributed by atoms with E-state index in [1.54, 1.807) is 18.2 Å². The predicted molar refractivity (Wildman–Crippen MR) is 79.7 cm³/mol. The second-order valence-electron chi connectivity index (χ2n) is 3.99. The Labute approximate surface area is 126 Å². The number of carboxylic acids is 1. The Balaban J connectivity index is 2.21. The van der Waals surface area contributed by atoms with Gasteiger partial charge in [-0.3, -0.25) is 9.59 Å². The molecule has 0 unspecified atom stereocenters. The van der Waals surface area contributed by atoms with Gasteiger partial charge in [0.1, 0.15) is 5.75 Å². The summed E-state index contributed by atoms with van der Waals surface area (Å²) < 4.78 is 5.38. The van der Waals surface area contributed by atoms with E-state index >= 15 is 0 Å². The smallest absolute Gasteiger partial charge is 0.313 e. The van der Waals surface area contributed by atoms with E-state index < -0.39 is 5.97 Å².